The molecule has 13 heavy (non-hydrogen) atoms. The van der Waals surface area contributed by atoms with E-state index < -0.39 is 0 Å². The summed E-state index contributed by atoms with van der Waals surface area (Å²) >= 11 is 1.21. The van der Waals surface area contributed by atoms with Crippen LogP contribution < -0.4 is 5.32 Å². The second-order valence-electron chi connectivity index (χ2n) is 3.12. The molecule has 2 heterocycles. The van der Waals surface area contributed by atoms with Gasteiger partial charge in [-0.3, -0.25) is 10.1 Å². The maximum Gasteiger partial charge on any atom is 0.324 e. The van der Waals surface area contributed by atoms with Gasteiger partial charge >= 0.3 is 5.00 Å². The van der Waals surface area contributed by atoms with Crippen molar-refractivity contribution in [3.05, 3.63) is 27.1 Å². The van der Waals surface area contributed by atoms with E-state index >= 15 is 0 Å². The van der Waals surface area contributed by atoms with Crippen LogP contribution in [0.25, 0.3) is 0 Å². The number of nitrogens with zero attached hydrogens (tertiary/aromatic N) is 1. The van der Waals surface area contributed by atoms with Crippen molar-refractivity contribution in [1.82, 2.24) is 5.32 Å². The molecule has 1 saturated heterocycles. The Hall–Kier alpha value is -0.940. The third kappa shape index (κ3) is 1.71. The summed E-state index contributed by atoms with van der Waals surface area (Å²) in [5.41, 5.74) is 1.06. The lowest BCUT2D eigenvalue weighted by molar-refractivity contribution is -0.380. The molecule has 0 unspecified atom stereocenters. The molecule has 0 spiro atoms. The molecule has 0 amide bonds. The summed E-state index contributed by atoms with van der Waals surface area (Å²) in [6.45, 7) is 1.02. The molecule has 0 bridgehead atoms. The molecule has 70 valence electrons. The number of nitrogens with one attached hydrogen (secondary N) is 1. The molecule has 1 aliphatic rings. The number of hydrogen-bond acceptors (Lipinski definition) is 4. The predicted molar refractivity (Wildman–Crippen MR) is 51.0 cm³/mol. The van der Waals surface area contributed by atoms with Crippen LogP contribution in [0.5, 0.6) is 0 Å². The highest BCUT2D eigenvalue weighted by Crippen LogP contribution is 2.30. The maximum absolute atomic E-state index is 10.4. The molecular weight excluding hydrogens is 188 g/mol. The summed E-state index contributed by atoms with van der Waals surface area (Å²) in [7, 11) is 0. The molecule has 0 saturated carbocycles. The van der Waals surface area contributed by atoms with E-state index in [1.54, 1.807) is 6.07 Å². The topological polar surface area (TPSA) is 55.2 Å². The Morgan fingerprint density at radius 3 is 3.08 bits per heavy atom. The zero-order valence-electron chi connectivity index (χ0n) is 7.03. The minimum absolute atomic E-state index is 0.240. The van der Waals surface area contributed by atoms with Crippen molar-refractivity contribution < 1.29 is 4.92 Å². The van der Waals surface area contributed by atoms with Crippen molar-refractivity contribution in [3.63, 3.8) is 0 Å². The summed E-state index contributed by atoms with van der Waals surface area (Å²) in [5, 5.41) is 15.8. The molecular formula is C8H10N2O2S. The molecule has 5 heteroatoms. The summed E-state index contributed by atoms with van der Waals surface area (Å²) in [4.78, 5) is 10.1. The summed E-state index contributed by atoms with van der Waals surface area (Å²) in [6, 6.07) is 2.01. The fourth-order valence-electron chi connectivity index (χ4n) is 1.59. The molecule has 0 aliphatic carbocycles. The van der Waals surface area contributed by atoms with Gasteiger partial charge in [-0.25, -0.2) is 0 Å². The van der Waals surface area contributed by atoms with Crippen molar-refractivity contribution in [2.45, 2.75) is 18.9 Å². The third-order valence-corrected chi connectivity index (χ3v) is 3.15. The van der Waals surface area contributed by atoms with Crippen LogP contribution in [0, 0.1) is 10.1 Å². The maximum atomic E-state index is 10.4. The molecule has 1 aliphatic heterocycles. The number of hydrogen-bond donors (Lipinski definition) is 1. The van der Waals surface area contributed by atoms with E-state index in [2.05, 4.69) is 5.32 Å². The molecule has 4 nitrogen and oxygen atoms in total. The zero-order chi connectivity index (χ0) is 9.26. The van der Waals surface area contributed by atoms with Gasteiger partial charge in [0.2, 0.25) is 0 Å². The van der Waals surface area contributed by atoms with Crippen LogP contribution in [0.4, 0.5) is 5.00 Å². The summed E-state index contributed by atoms with van der Waals surface area (Å²) in [5.74, 6) is 0. The number of rotatable bonds is 2. The van der Waals surface area contributed by atoms with E-state index in [0.717, 1.165) is 24.9 Å². The average Bonchev–Trinajstić information content (AvgIpc) is 2.75. The fourth-order valence-corrected chi connectivity index (χ4v) is 2.37. The standard InChI is InChI=1S/C8H10N2O2S/c11-10(12)8-4-6(5-13-8)7-2-1-3-9-7/h4-5,7,9H,1-3H2/t7-/m0/s1. The van der Waals surface area contributed by atoms with E-state index in [1.807, 2.05) is 5.38 Å². The van der Waals surface area contributed by atoms with Gasteiger partial charge in [-0.2, -0.15) is 0 Å². The Bertz CT molecular complexity index is 318. The Morgan fingerprint density at radius 2 is 2.54 bits per heavy atom. The Labute approximate surface area is 79.7 Å². The van der Waals surface area contributed by atoms with E-state index in [4.69, 9.17) is 0 Å². The molecule has 2 rings (SSSR count). The SMILES string of the molecule is O=[N+]([O-])c1cc([C@@H]2CCCN2)cs1. The first kappa shape index (κ1) is 8.65. The number of thiophene rings is 1. The Kier molecular flexibility index (Phi) is 2.28. The van der Waals surface area contributed by atoms with Gasteiger partial charge in [0.25, 0.3) is 0 Å². The summed E-state index contributed by atoms with van der Waals surface area (Å²) < 4.78 is 0. The Morgan fingerprint density at radius 1 is 1.69 bits per heavy atom. The normalized spacial score (nSPS) is 22.0. The Balaban J connectivity index is 2.16. The molecule has 1 fully saturated rings. The lowest BCUT2D eigenvalue weighted by Crippen LogP contribution is -2.11. The van der Waals surface area contributed by atoms with Crippen LogP contribution in [-0.4, -0.2) is 11.5 Å². The first-order valence-corrected chi connectivity index (χ1v) is 5.11. The van der Waals surface area contributed by atoms with Gasteiger partial charge in [-0.05, 0) is 24.9 Å². The lowest BCUT2D eigenvalue weighted by atomic mass is 10.1. The summed E-state index contributed by atoms with van der Waals surface area (Å²) in [6.07, 6.45) is 2.25. The first-order valence-electron chi connectivity index (χ1n) is 4.23. The first-order chi connectivity index (χ1) is 6.27. The van der Waals surface area contributed by atoms with Gasteiger partial charge in [0.05, 0.1) is 4.92 Å². The van der Waals surface area contributed by atoms with Gasteiger partial charge in [-0.1, -0.05) is 11.3 Å². The second-order valence-corrected chi connectivity index (χ2v) is 4.01. The van der Waals surface area contributed by atoms with E-state index in [-0.39, 0.29) is 9.92 Å². The van der Waals surface area contributed by atoms with Crippen LogP contribution in [0.2, 0.25) is 0 Å². The fraction of sp³-hybridized carbons (Fsp3) is 0.500. The van der Waals surface area contributed by atoms with Crippen LogP contribution in [0.1, 0.15) is 24.4 Å². The van der Waals surface area contributed by atoms with Crippen LogP contribution in [-0.2, 0) is 0 Å². The van der Waals surface area contributed by atoms with Crippen LogP contribution >= 0.6 is 11.3 Å². The third-order valence-electron chi connectivity index (χ3n) is 2.25. The minimum atomic E-state index is -0.330. The van der Waals surface area contributed by atoms with Gasteiger partial charge in [0.15, 0.2) is 0 Å². The highest BCUT2D eigenvalue weighted by Gasteiger charge is 2.20. The van der Waals surface area contributed by atoms with Crippen molar-refractivity contribution in [2.75, 3.05) is 6.54 Å². The highest BCUT2D eigenvalue weighted by molar-refractivity contribution is 7.13. The quantitative estimate of drug-likeness (QED) is 0.584. The lowest BCUT2D eigenvalue weighted by Gasteiger charge is -2.05. The van der Waals surface area contributed by atoms with Crippen LogP contribution in [0.3, 0.4) is 0 Å². The molecule has 0 aromatic carbocycles. The van der Waals surface area contributed by atoms with Crippen molar-refractivity contribution in [1.29, 1.82) is 0 Å². The monoisotopic (exact) mass is 198 g/mol. The van der Waals surface area contributed by atoms with E-state index in [9.17, 15) is 10.1 Å². The second kappa shape index (κ2) is 3.43. The van der Waals surface area contributed by atoms with Gasteiger partial charge < -0.3 is 5.32 Å². The van der Waals surface area contributed by atoms with Crippen molar-refractivity contribution in [3.8, 4) is 0 Å². The van der Waals surface area contributed by atoms with E-state index in [0.29, 0.717) is 6.04 Å². The predicted octanol–water partition coefficient (Wildman–Crippen LogP) is 2.08. The van der Waals surface area contributed by atoms with Crippen molar-refractivity contribution >= 4 is 16.3 Å². The van der Waals surface area contributed by atoms with Crippen LogP contribution in [0.15, 0.2) is 11.4 Å². The average molecular weight is 198 g/mol. The number of nitro groups is 1. The molecule has 1 aromatic rings. The van der Waals surface area contributed by atoms with Gasteiger partial charge in [-0.15, -0.1) is 0 Å². The zero-order valence-corrected chi connectivity index (χ0v) is 7.84. The molecule has 1 N–H and O–H groups in total. The van der Waals surface area contributed by atoms with Gasteiger partial charge in [0, 0.05) is 17.5 Å². The van der Waals surface area contributed by atoms with E-state index in [1.165, 1.54) is 11.3 Å². The van der Waals surface area contributed by atoms with Gasteiger partial charge in [0.1, 0.15) is 0 Å². The molecule has 1 atom stereocenters. The molecule has 1 aromatic heterocycles. The smallest absolute Gasteiger partial charge is 0.310 e. The highest BCUT2D eigenvalue weighted by atomic mass is 32.1. The largest absolute Gasteiger partial charge is 0.324 e. The molecule has 0 radical (unpaired) electrons. The minimum Gasteiger partial charge on any atom is -0.310 e. The van der Waals surface area contributed by atoms with Crippen molar-refractivity contribution in [2.24, 2.45) is 0 Å².